The molecule has 2 unspecified atom stereocenters. The number of aromatic nitrogens is 3. The lowest BCUT2D eigenvalue weighted by Crippen LogP contribution is -2.45. The van der Waals surface area contributed by atoms with E-state index in [1.807, 2.05) is 12.1 Å². The van der Waals surface area contributed by atoms with E-state index < -0.39 is 26.6 Å². The Bertz CT molecular complexity index is 1810. The van der Waals surface area contributed by atoms with E-state index in [1.54, 1.807) is 6.07 Å². The van der Waals surface area contributed by atoms with Gasteiger partial charge < -0.3 is 24.6 Å². The number of hydrogen-bond acceptors (Lipinski definition) is 10. The Kier molecular flexibility index (Phi) is 8.09. The molecule has 0 radical (unpaired) electrons. The monoisotopic (exact) mass is 628 g/mol. The maximum absolute atomic E-state index is 14.6. The van der Waals surface area contributed by atoms with Crippen LogP contribution in [0.2, 0.25) is 0 Å². The van der Waals surface area contributed by atoms with Gasteiger partial charge in [0.25, 0.3) is 10.0 Å². The molecule has 2 aromatic carbocycles. The summed E-state index contributed by atoms with van der Waals surface area (Å²) in [5.41, 5.74) is 8.72. The highest BCUT2D eigenvalue weighted by atomic mass is 32.2. The molecular weight excluding hydrogens is 598 g/mol. The molecule has 0 bridgehead atoms. The molecule has 15 heteroatoms. The number of nitrogens with two attached hydrogens (primary N) is 1. The van der Waals surface area contributed by atoms with Crippen molar-refractivity contribution in [2.75, 3.05) is 43.6 Å². The number of imidazole rings is 1. The fourth-order valence-corrected chi connectivity index (χ4v) is 7.40. The molecular formula is C29H30F2N6O6S. The Morgan fingerprint density at radius 3 is 2.57 bits per heavy atom. The van der Waals surface area contributed by atoms with Gasteiger partial charge in [0.1, 0.15) is 16.5 Å². The zero-order chi connectivity index (χ0) is 31.0. The maximum atomic E-state index is 14.6. The van der Waals surface area contributed by atoms with Crippen LogP contribution in [0.5, 0.6) is 5.88 Å². The van der Waals surface area contributed by atoms with Crippen LogP contribution in [0.1, 0.15) is 25.3 Å². The van der Waals surface area contributed by atoms with Crippen LogP contribution in [0, 0.1) is 11.6 Å². The van der Waals surface area contributed by atoms with Gasteiger partial charge in [-0.25, -0.2) is 18.7 Å². The summed E-state index contributed by atoms with van der Waals surface area (Å²) in [4.78, 5) is 26.6. The number of carbonyl (C=O) groups is 1. The van der Waals surface area contributed by atoms with E-state index in [0.717, 1.165) is 50.0 Å². The summed E-state index contributed by atoms with van der Waals surface area (Å²) in [7, 11) is -3.64. The van der Waals surface area contributed by atoms with E-state index in [9.17, 15) is 22.0 Å². The average molecular weight is 629 g/mol. The molecule has 2 aromatic heterocycles. The second kappa shape index (κ2) is 12.0. The van der Waals surface area contributed by atoms with Gasteiger partial charge in [-0.05, 0) is 55.2 Å². The summed E-state index contributed by atoms with van der Waals surface area (Å²) >= 11 is 0. The number of fused-ring (bicyclic) bond motifs is 1. The molecule has 12 nitrogen and oxygen atoms in total. The van der Waals surface area contributed by atoms with Gasteiger partial charge in [-0.15, -0.1) is 0 Å². The number of pyridine rings is 1. The molecule has 2 atom stereocenters. The molecule has 3 heterocycles. The molecule has 2 fully saturated rings. The summed E-state index contributed by atoms with van der Waals surface area (Å²) in [6.45, 7) is 2.95. The van der Waals surface area contributed by atoms with E-state index in [-0.39, 0.29) is 34.6 Å². The smallest absolute Gasteiger partial charge is 0.322 e. The van der Waals surface area contributed by atoms with E-state index in [1.165, 1.54) is 19.4 Å². The second-order valence-corrected chi connectivity index (χ2v) is 12.2. The van der Waals surface area contributed by atoms with Gasteiger partial charge in [0.2, 0.25) is 11.8 Å². The molecule has 1 saturated carbocycles. The van der Waals surface area contributed by atoms with E-state index in [4.69, 9.17) is 20.0 Å². The molecule has 1 aliphatic heterocycles. The fourth-order valence-electron chi connectivity index (χ4n) is 6.14. The fraction of sp³-hybridized carbons (Fsp3) is 0.345. The summed E-state index contributed by atoms with van der Waals surface area (Å²) < 4.78 is 68.1. The van der Waals surface area contributed by atoms with Crippen LogP contribution in [0.3, 0.4) is 0 Å². The third-order valence-electron chi connectivity index (χ3n) is 8.09. The van der Waals surface area contributed by atoms with Crippen molar-refractivity contribution in [2.45, 2.75) is 36.2 Å². The van der Waals surface area contributed by atoms with Crippen molar-refractivity contribution in [2.24, 2.45) is 0 Å². The van der Waals surface area contributed by atoms with Gasteiger partial charge >= 0.3 is 6.47 Å². The number of hydrogen-bond donors (Lipinski definition) is 1. The highest BCUT2D eigenvalue weighted by Crippen LogP contribution is 2.40. The van der Waals surface area contributed by atoms with Crippen LogP contribution in [0.25, 0.3) is 22.2 Å². The van der Waals surface area contributed by atoms with Crippen molar-refractivity contribution in [1.82, 2.24) is 19.4 Å². The Labute approximate surface area is 251 Å². The number of carbonyl (C=O) groups excluding carboxylic acids is 1. The van der Waals surface area contributed by atoms with Crippen LogP contribution < -0.4 is 14.9 Å². The number of anilines is 2. The number of ether oxygens (including phenoxy) is 2. The Morgan fingerprint density at radius 2 is 1.84 bits per heavy atom. The first-order valence-electron chi connectivity index (χ1n) is 14.0. The Hall–Kier alpha value is -4.34. The third kappa shape index (κ3) is 5.31. The lowest BCUT2D eigenvalue weighted by Gasteiger charge is -2.36. The van der Waals surface area contributed by atoms with Crippen molar-refractivity contribution >= 4 is 39.2 Å². The summed E-state index contributed by atoms with van der Waals surface area (Å²) in [5, 5.41) is 0. The number of halogens is 2. The predicted octanol–water partition coefficient (Wildman–Crippen LogP) is 3.68. The molecule has 1 saturated heterocycles. The number of sulfonamides is 1. The Balaban J connectivity index is 1.42. The average Bonchev–Trinajstić information content (AvgIpc) is 3.62. The van der Waals surface area contributed by atoms with Crippen LogP contribution in [0.15, 0.2) is 53.6 Å². The molecule has 1 aliphatic carbocycles. The molecule has 232 valence electrons. The van der Waals surface area contributed by atoms with E-state index in [2.05, 4.69) is 19.4 Å². The number of nitrogen functional groups attached to an aromatic ring is 1. The van der Waals surface area contributed by atoms with Crippen molar-refractivity contribution in [3.63, 3.8) is 0 Å². The molecule has 4 aromatic rings. The van der Waals surface area contributed by atoms with Crippen LogP contribution in [-0.4, -0.2) is 73.8 Å². The van der Waals surface area contributed by atoms with Crippen molar-refractivity contribution in [1.29, 1.82) is 0 Å². The number of methoxy groups -OCH3 is 1. The molecule has 6 rings (SSSR count). The van der Waals surface area contributed by atoms with Gasteiger partial charge in [-0.2, -0.15) is 8.42 Å². The van der Waals surface area contributed by atoms with E-state index >= 15 is 0 Å². The van der Waals surface area contributed by atoms with Crippen LogP contribution >= 0.6 is 0 Å². The minimum atomic E-state index is -4.89. The molecule has 0 spiro atoms. The van der Waals surface area contributed by atoms with Crippen LogP contribution in [-0.2, 0) is 24.4 Å². The van der Waals surface area contributed by atoms with Crippen molar-refractivity contribution in [3.05, 3.63) is 60.3 Å². The zero-order valence-corrected chi connectivity index (χ0v) is 24.5. The number of nitrogens with zero attached hydrogens (tertiary/aromatic N) is 5. The number of morpholine rings is 1. The lowest BCUT2D eigenvalue weighted by molar-refractivity contribution is -0.128. The minimum absolute atomic E-state index is 0.102. The van der Waals surface area contributed by atoms with E-state index in [0.29, 0.717) is 41.9 Å². The topological polar surface area (TPSA) is 142 Å². The second-order valence-electron chi connectivity index (χ2n) is 10.5. The molecule has 44 heavy (non-hydrogen) atoms. The first kappa shape index (κ1) is 29.7. The normalized spacial score (nSPS) is 19.2. The lowest BCUT2D eigenvalue weighted by atomic mass is 10.1. The first-order valence-corrected chi connectivity index (χ1v) is 15.4. The SMILES string of the molecule is COc1ncc(-c2ccc3nc(N)n(C4CCCC4N4CCOCC4)c3c2)cc1N(OC=O)S(=O)(=O)c1ccc(F)cc1F. The predicted molar refractivity (Wildman–Crippen MR) is 156 cm³/mol. The summed E-state index contributed by atoms with van der Waals surface area (Å²) in [5.74, 6) is -2.17. The molecule has 2 N–H and O–H groups in total. The van der Waals surface area contributed by atoms with Gasteiger partial charge in [0.05, 0.1) is 37.4 Å². The molecule has 0 amide bonds. The summed E-state index contributed by atoms with van der Waals surface area (Å²) in [6, 6.07) is 9.16. The zero-order valence-electron chi connectivity index (χ0n) is 23.7. The van der Waals surface area contributed by atoms with Crippen molar-refractivity contribution < 1.29 is 36.3 Å². The number of rotatable bonds is 9. The quantitative estimate of drug-likeness (QED) is 0.216. The van der Waals surface area contributed by atoms with Crippen molar-refractivity contribution in [3.8, 4) is 17.0 Å². The highest BCUT2D eigenvalue weighted by molar-refractivity contribution is 7.92. The van der Waals surface area contributed by atoms with Gasteiger partial charge in [0.15, 0.2) is 5.69 Å². The van der Waals surface area contributed by atoms with Gasteiger partial charge in [-0.1, -0.05) is 10.5 Å². The van der Waals surface area contributed by atoms with Crippen LogP contribution in [0.4, 0.5) is 20.4 Å². The summed E-state index contributed by atoms with van der Waals surface area (Å²) in [6.07, 6.45) is 4.48. The number of benzene rings is 2. The highest BCUT2D eigenvalue weighted by Gasteiger charge is 2.36. The van der Waals surface area contributed by atoms with Gasteiger partial charge in [-0.3, -0.25) is 9.69 Å². The Morgan fingerprint density at radius 1 is 1.07 bits per heavy atom. The van der Waals surface area contributed by atoms with Gasteiger partial charge in [0, 0.05) is 37.0 Å². The molecule has 2 aliphatic rings. The standard InChI is InChI=1S/C29H30F2N6O6S/c1-41-28-26(37(43-17-38)44(39,40)27-8-6-20(30)15-21(27)31)14-19(16-33-28)18-5-7-22-25(13-18)36(29(32)34-22)24-4-2-3-23(24)35-9-11-42-12-10-35/h5-8,13-17,23-24H,2-4,9-12H2,1H3,(H2,32,34). The maximum Gasteiger partial charge on any atom is 0.322 e. The largest absolute Gasteiger partial charge is 0.479 e. The first-order chi connectivity index (χ1) is 21.2. The third-order valence-corrected chi connectivity index (χ3v) is 9.70. The minimum Gasteiger partial charge on any atom is -0.479 e.